The largest absolute Gasteiger partial charge is 0.481 e. The zero-order valence-electron chi connectivity index (χ0n) is 13.6. The normalized spacial score (nSPS) is 17.4. The molecule has 1 N–H and O–H groups in total. The van der Waals surface area contributed by atoms with Gasteiger partial charge in [-0.3, -0.25) is 14.5 Å². The number of rotatable bonds is 4. The Morgan fingerprint density at radius 2 is 2.11 bits per heavy atom. The summed E-state index contributed by atoms with van der Waals surface area (Å²) in [6.45, 7) is 0.190. The van der Waals surface area contributed by atoms with Crippen LogP contribution in [0.1, 0.15) is 12.0 Å². The van der Waals surface area contributed by atoms with Crippen LogP contribution in [0.25, 0.3) is 17.0 Å². The Bertz CT molecular complexity index is 1040. The summed E-state index contributed by atoms with van der Waals surface area (Å²) < 4.78 is 11.0. The summed E-state index contributed by atoms with van der Waals surface area (Å²) in [5, 5.41) is 9.83. The predicted octanol–water partition coefficient (Wildman–Crippen LogP) is 3.29. The number of aliphatic carboxylic acids is 1. The zero-order valence-corrected chi connectivity index (χ0v) is 16.0. The molecule has 1 amide bonds. The van der Waals surface area contributed by atoms with Crippen LogP contribution in [0.3, 0.4) is 0 Å². The van der Waals surface area contributed by atoms with Gasteiger partial charge < -0.3 is 14.6 Å². The van der Waals surface area contributed by atoms with Crippen molar-refractivity contribution in [1.29, 1.82) is 0 Å². The van der Waals surface area contributed by atoms with E-state index in [0.29, 0.717) is 31.8 Å². The maximum Gasteiger partial charge on any atom is 0.305 e. The first-order valence-electron chi connectivity index (χ1n) is 7.79. The van der Waals surface area contributed by atoms with E-state index in [0.717, 1.165) is 17.1 Å². The molecule has 0 radical (unpaired) electrons. The number of fused-ring (bicyclic) bond motifs is 2. The van der Waals surface area contributed by atoms with E-state index < -0.39 is 5.97 Å². The number of carbonyl (C=O) groups excluding carboxylic acids is 1. The van der Waals surface area contributed by atoms with Crippen molar-refractivity contribution in [1.82, 2.24) is 9.88 Å². The molecule has 7 nitrogen and oxygen atoms in total. The van der Waals surface area contributed by atoms with E-state index in [4.69, 9.17) is 38.4 Å². The Labute approximate surface area is 167 Å². The molecule has 0 unspecified atom stereocenters. The Kier molecular flexibility index (Phi) is 4.67. The van der Waals surface area contributed by atoms with Crippen molar-refractivity contribution in [3.8, 4) is 11.5 Å². The van der Waals surface area contributed by atoms with Gasteiger partial charge in [-0.25, -0.2) is 4.98 Å². The number of ether oxygens (including phenoxy) is 2. The number of benzene rings is 1. The molecule has 4 rings (SSSR count). The van der Waals surface area contributed by atoms with Crippen LogP contribution in [-0.4, -0.2) is 44.5 Å². The first kappa shape index (κ1) is 18.0. The van der Waals surface area contributed by atoms with E-state index in [-0.39, 0.29) is 30.8 Å². The zero-order chi connectivity index (χ0) is 19.1. The predicted molar refractivity (Wildman–Crippen MR) is 105 cm³/mol. The number of hydrogen-bond donors (Lipinski definition) is 1. The van der Waals surface area contributed by atoms with Gasteiger partial charge in [0.15, 0.2) is 11.5 Å². The second-order valence-corrected chi connectivity index (χ2v) is 7.78. The summed E-state index contributed by atoms with van der Waals surface area (Å²) in [7, 11) is 0. The molecular weight excluding hydrogens is 412 g/mol. The lowest BCUT2D eigenvalue weighted by atomic mass is 10.1. The molecule has 0 atom stereocenters. The van der Waals surface area contributed by atoms with Gasteiger partial charge in [-0.1, -0.05) is 35.6 Å². The van der Waals surface area contributed by atoms with Crippen LogP contribution in [0.4, 0.5) is 0 Å². The number of carboxylic acids is 1. The standard InChI is InChI=1S/C17H11ClN2O5S2/c18-15-9(3-8-4-11-12(25-7-24-11)6-10(8)19-15)5-13-16(23)20(17(26)27-13)2-1-14(21)22/h3-6H,1-2,7H2,(H,21,22). The van der Waals surface area contributed by atoms with Crippen molar-refractivity contribution in [2.24, 2.45) is 0 Å². The molecular formula is C17H11ClN2O5S2. The summed E-state index contributed by atoms with van der Waals surface area (Å²) in [6.07, 6.45) is 1.44. The number of carboxylic acid groups (broad SMARTS) is 1. The van der Waals surface area contributed by atoms with Gasteiger partial charge in [-0.05, 0) is 18.2 Å². The molecule has 0 saturated carbocycles. The molecule has 2 aliphatic heterocycles. The number of thioether (sulfide) groups is 1. The van der Waals surface area contributed by atoms with Crippen LogP contribution in [0.15, 0.2) is 23.1 Å². The van der Waals surface area contributed by atoms with Crippen molar-refractivity contribution in [2.75, 3.05) is 13.3 Å². The topological polar surface area (TPSA) is 89.0 Å². The van der Waals surface area contributed by atoms with Crippen LogP contribution in [0.2, 0.25) is 5.15 Å². The number of aromatic nitrogens is 1. The van der Waals surface area contributed by atoms with Crippen LogP contribution in [0.5, 0.6) is 11.5 Å². The van der Waals surface area contributed by atoms with E-state index >= 15 is 0 Å². The van der Waals surface area contributed by atoms with Gasteiger partial charge in [0.1, 0.15) is 9.47 Å². The summed E-state index contributed by atoms with van der Waals surface area (Å²) >= 11 is 12.6. The fraction of sp³-hybridized carbons (Fsp3) is 0.176. The molecule has 2 aliphatic rings. The fourth-order valence-corrected chi connectivity index (χ4v) is 4.20. The monoisotopic (exact) mass is 422 g/mol. The first-order chi connectivity index (χ1) is 12.9. The highest BCUT2D eigenvalue weighted by Crippen LogP contribution is 2.38. The van der Waals surface area contributed by atoms with E-state index in [2.05, 4.69) is 4.98 Å². The second kappa shape index (κ2) is 6.99. The summed E-state index contributed by atoms with van der Waals surface area (Å²) in [5.74, 6) is -0.0997. The number of thiocarbonyl (C=S) groups is 1. The average Bonchev–Trinajstić information content (AvgIpc) is 3.16. The number of halogens is 1. The van der Waals surface area contributed by atoms with Gasteiger partial charge in [-0.15, -0.1) is 0 Å². The third-order valence-electron chi connectivity index (χ3n) is 4.00. The summed E-state index contributed by atoms with van der Waals surface area (Å²) in [5.41, 5.74) is 1.21. The number of amides is 1. The van der Waals surface area contributed by atoms with E-state index in [9.17, 15) is 9.59 Å². The Morgan fingerprint density at radius 3 is 2.85 bits per heavy atom. The highest BCUT2D eigenvalue weighted by atomic mass is 35.5. The van der Waals surface area contributed by atoms with Gasteiger partial charge in [0, 0.05) is 23.6 Å². The van der Waals surface area contributed by atoms with Gasteiger partial charge in [0.2, 0.25) is 6.79 Å². The lowest BCUT2D eigenvalue weighted by molar-refractivity contribution is -0.137. The van der Waals surface area contributed by atoms with Gasteiger partial charge in [0.05, 0.1) is 16.8 Å². The lowest BCUT2D eigenvalue weighted by Crippen LogP contribution is -2.30. The fourth-order valence-electron chi connectivity index (χ4n) is 2.70. The lowest BCUT2D eigenvalue weighted by Gasteiger charge is -2.12. The summed E-state index contributed by atoms with van der Waals surface area (Å²) in [6, 6.07) is 5.35. The summed E-state index contributed by atoms with van der Waals surface area (Å²) in [4.78, 5) is 29.3. The number of hydrogen-bond acceptors (Lipinski definition) is 7. The molecule has 3 heterocycles. The molecule has 0 aliphatic carbocycles. The van der Waals surface area contributed by atoms with Crippen molar-refractivity contribution in [3.63, 3.8) is 0 Å². The van der Waals surface area contributed by atoms with Crippen molar-refractivity contribution >= 4 is 68.8 Å². The number of pyridine rings is 1. The molecule has 138 valence electrons. The minimum absolute atomic E-state index is 0.0323. The molecule has 1 saturated heterocycles. The van der Waals surface area contributed by atoms with Crippen LogP contribution in [-0.2, 0) is 9.59 Å². The molecule has 1 aromatic heterocycles. The van der Waals surface area contributed by atoms with Gasteiger partial charge in [-0.2, -0.15) is 0 Å². The van der Waals surface area contributed by atoms with Crippen LogP contribution < -0.4 is 9.47 Å². The third-order valence-corrected chi connectivity index (χ3v) is 5.68. The van der Waals surface area contributed by atoms with Crippen LogP contribution >= 0.6 is 35.6 Å². The third kappa shape index (κ3) is 3.45. The molecule has 2 aromatic rings. The smallest absolute Gasteiger partial charge is 0.305 e. The molecule has 27 heavy (non-hydrogen) atoms. The molecule has 1 aromatic carbocycles. The van der Waals surface area contributed by atoms with E-state index in [1.165, 1.54) is 4.90 Å². The van der Waals surface area contributed by atoms with Crippen LogP contribution in [0, 0.1) is 0 Å². The van der Waals surface area contributed by atoms with Crippen molar-refractivity contribution in [3.05, 3.63) is 33.8 Å². The molecule has 0 bridgehead atoms. The highest BCUT2D eigenvalue weighted by molar-refractivity contribution is 8.26. The SMILES string of the molecule is O=C(O)CCN1C(=O)C(=Cc2cc3cc4c(cc3nc2Cl)OCO4)SC1=S. The van der Waals surface area contributed by atoms with Gasteiger partial charge in [0.25, 0.3) is 5.91 Å². The molecule has 0 spiro atoms. The molecule has 1 fully saturated rings. The maximum atomic E-state index is 12.5. The molecule has 10 heteroatoms. The van der Waals surface area contributed by atoms with E-state index in [1.807, 2.05) is 0 Å². The highest BCUT2D eigenvalue weighted by Gasteiger charge is 2.32. The minimum Gasteiger partial charge on any atom is -0.481 e. The maximum absolute atomic E-state index is 12.5. The Morgan fingerprint density at radius 1 is 1.37 bits per heavy atom. The van der Waals surface area contributed by atoms with Crippen molar-refractivity contribution < 1.29 is 24.2 Å². The quantitative estimate of drug-likeness (QED) is 0.456. The average molecular weight is 423 g/mol. The Balaban J connectivity index is 1.67. The van der Waals surface area contributed by atoms with Gasteiger partial charge >= 0.3 is 5.97 Å². The number of nitrogens with zero attached hydrogens (tertiary/aromatic N) is 2. The first-order valence-corrected chi connectivity index (χ1v) is 9.40. The minimum atomic E-state index is -0.992. The van der Waals surface area contributed by atoms with E-state index in [1.54, 1.807) is 24.3 Å². The Hall–Kier alpha value is -2.36. The number of carbonyl (C=O) groups is 2. The van der Waals surface area contributed by atoms with Crippen molar-refractivity contribution in [2.45, 2.75) is 6.42 Å². The second-order valence-electron chi connectivity index (χ2n) is 5.74.